The van der Waals surface area contributed by atoms with Crippen molar-refractivity contribution in [2.75, 3.05) is 0 Å². The fourth-order valence-corrected chi connectivity index (χ4v) is 2.77. The summed E-state index contributed by atoms with van der Waals surface area (Å²) in [6.07, 6.45) is 0. The smallest absolute Gasteiger partial charge is 0.266 e. The highest BCUT2D eigenvalue weighted by Crippen LogP contribution is 2.30. The number of H-pyrrole nitrogens is 1. The van der Waals surface area contributed by atoms with Crippen LogP contribution in [0.4, 0.5) is 0 Å². The van der Waals surface area contributed by atoms with E-state index < -0.39 is 9.05 Å². The molecule has 7 heteroatoms. The van der Waals surface area contributed by atoms with Crippen molar-refractivity contribution in [1.29, 1.82) is 0 Å². The van der Waals surface area contributed by atoms with Gasteiger partial charge in [-0.05, 0) is 5.92 Å². The van der Waals surface area contributed by atoms with Crippen LogP contribution in [0.15, 0.2) is 4.90 Å². The minimum atomic E-state index is -3.82. The molecule has 0 unspecified atom stereocenters. The van der Waals surface area contributed by atoms with Crippen LogP contribution in [0.25, 0.3) is 0 Å². The number of rotatable bonds is 2. The molecule has 74 valence electrons. The van der Waals surface area contributed by atoms with Crippen LogP contribution >= 0.6 is 22.3 Å². The van der Waals surface area contributed by atoms with Crippen molar-refractivity contribution < 1.29 is 8.42 Å². The van der Waals surface area contributed by atoms with Gasteiger partial charge in [0, 0.05) is 10.7 Å². The molecule has 0 aromatic carbocycles. The minimum absolute atomic E-state index is 0.0245. The highest BCUT2D eigenvalue weighted by atomic mass is 35.7. The second kappa shape index (κ2) is 3.48. The predicted molar refractivity (Wildman–Crippen MR) is 50.7 cm³/mol. The topological polar surface area (TPSA) is 62.8 Å². The maximum Gasteiger partial charge on any atom is 0.266 e. The fraction of sp³-hybridized carbons (Fsp3) is 0.500. The summed E-state index contributed by atoms with van der Waals surface area (Å²) < 4.78 is 22.1. The Kier molecular flexibility index (Phi) is 2.89. The van der Waals surface area contributed by atoms with Crippen molar-refractivity contribution in [3.63, 3.8) is 0 Å². The lowest BCUT2D eigenvalue weighted by atomic mass is 10.1. The summed E-state index contributed by atoms with van der Waals surface area (Å²) in [6.45, 7) is 3.63. The van der Waals surface area contributed by atoms with Crippen LogP contribution < -0.4 is 0 Å². The largest absolute Gasteiger partial charge is 0.279 e. The van der Waals surface area contributed by atoms with Crippen LogP contribution in [0.5, 0.6) is 0 Å². The molecular formula is C6H8Cl2N2O2S. The number of nitrogens with zero attached hydrogens (tertiary/aromatic N) is 1. The maximum atomic E-state index is 11.1. The van der Waals surface area contributed by atoms with Gasteiger partial charge in [0.1, 0.15) is 4.90 Å². The Morgan fingerprint density at radius 3 is 2.31 bits per heavy atom. The molecule has 1 aromatic heterocycles. The van der Waals surface area contributed by atoms with Gasteiger partial charge in [-0.15, -0.1) is 0 Å². The van der Waals surface area contributed by atoms with Gasteiger partial charge < -0.3 is 0 Å². The molecule has 13 heavy (non-hydrogen) atoms. The number of aromatic nitrogens is 2. The normalized spacial score (nSPS) is 12.4. The van der Waals surface area contributed by atoms with E-state index >= 15 is 0 Å². The van der Waals surface area contributed by atoms with E-state index in [1.54, 1.807) is 0 Å². The summed E-state index contributed by atoms with van der Waals surface area (Å²) in [5, 5.41) is 6.00. The molecule has 0 amide bonds. The van der Waals surface area contributed by atoms with E-state index in [1.807, 2.05) is 13.8 Å². The van der Waals surface area contributed by atoms with Gasteiger partial charge in [-0.25, -0.2) is 8.42 Å². The fourth-order valence-electron chi connectivity index (χ4n) is 0.945. The lowest BCUT2D eigenvalue weighted by Gasteiger charge is -2.02. The Balaban J connectivity index is 3.42. The molecular weight excluding hydrogens is 235 g/mol. The van der Waals surface area contributed by atoms with Crippen LogP contribution in [-0.2, 0) is 9.05 Å². The zero-order chi connectivity index (χ0) is 10.2. The van der Waals surface area contributed by atoms with Gasteiger partial charge in [0.05, 0.1) is 5.69 Å². The van der Waals surface area contributed by atoms with Gasteiger partial charge in [0.25, 0.3) is 9.05 Å². The Morgan fingerprint density at radius 2 is 2.00 bits per heavy atom. The third-order valence-electron chi connectivity index (χ3n) is 1.53. The zero-order valence-electron chi connectivity index (χ0n) is 7.01. The minimum Gasteiger partial charge on any atom is -0.279 e. The summed E-state index contributed by atoms with van der Waals surface area (Å²) in [5.41, 5.74) is 0.431. The molecule has 0 aliphatic heterocycles. The Morgan fingerprint density at radius 1 is 1.46 bits per heavy atom. The Hall–Kier alpha value is -0.260. The molecule has 0 saturated carbocycles. The molecule has 4 nitrogen and oxygen atoms in total. The lowest BCUT2D eigenvalue weighted by Crippen LogP contribution is -1.97. The predicted octanol–water partition coefficient (Wildman–Crippen LogP) is 2.11. The van der Waals surface area contributed by atoms with Crippen LogP contribution in [0.1, 0.15) is 25.5 Å². The van der Waals surface area contributed by atoms with Crippen molar-refractivity contribution in [2.24, 2.45) is 0 Å². The van der Waals surface area contributed by atoms with Crippen LogP contribution in [0.3, 0.4) is 0 Å². The summed E-state index contributed by atoms with van der Waals surface area (Å²) in [7, 11) is 1.36. The van der Waals surface area contributed by atoms with Crippen LogP contribution in [0, 0.1) is 0 Å². The number of hydrogen-bond acceptors (Lipinski definition) is 3. The Labute approximate surface area is 85.7 Å². The first-order valence-corrected chi connectivity index (χ1v) is 6.21. The van der Waals surface area contributed by atoms with Gasteiger partial charge in [0.2, 0.25) is 0 Å². The molecule has 0 radical (unpaired) electrons. The summed E-state index contributed by atoms with van der Waals surface area (Å²) in [6, 6.07) is 0. The SMILES string of the molecule is CC(C)c1[nH]nc(Cl)c1S(=O)(=O)Cl. The highest BCUT2D eigenvalue weighted by molar-refractivity contribution is 8.13. The van der Waals surface area contributed by atoms with Gasteiger partial charge in [0.15, 0.2) is 5.15 Å². The summed E-state index contributed by atoms with van der Waals surface area (Å²) >= 11 is 5.57. The van der Waals surface area contributed by atoms with Crippen molar-refractivity contribution in [1.82, 2.24) is 10.2 Å². The van der Waals surface area contributed by atoms with E-state index in [0.29, 0.717) is 5.69 Å². The van der Waals surface area contributed by atoms with E-state index in [2.05, 4.69) is 10.2 Å². The van der Waals surface area contributed by atoms with Gasteiger partial charge in [-0.2, -0.15) is 5.10 Å². The Bertz CT molecular complexity index is 410. The van der Waals surface area contributed by atoms with Gasteiger partial charge in [-0.1, -0.05) is 25.4 Å². The van der Waals surface area contributed by atoms with E-state index in [1.165, 1.54) is 0 Å². The molecule has 0 aliphatic carbocycles. The van der Waals surface area contributed by atoms with Gasteiger partial charge >= 0.3 is 0 Å². The molecule has 1 aromatic rings. The summed E-state index contributed by atoms with van der Waals surface area (Å²) in [5.74, 6) is -0.0245. The lowest BCUT2D eigenvalue weighted by molar-refractivity contribution is 0.607. The number of hydrogen-bond donors (Lipinski definition) is 1. The highest BCUT2D eigenvalue weighted by Gasteiger charge is 2.24. The molecule has 0 atom stereocenters. The third-order valence-corrected chi connectivity index (χ3v) is 3.28. The monoisotopic (exact) mass is 242 g/mol. The number of halogens is 2. The molecule has 0 bridgehead atoms. The van der Waals surface area contributed by atoms with Crippen LogP contribution in [0.2, 0.25) is 5.15 Å². The first-order valence-electron chi connectivity index (χ1n) is 3.52. The van der Waals surface area contributed by atoms with Gasteiger partial charge in [-0.3, -0.25) is 5.10 Å². The quantitative estimate of drug-likeness (QED) is 0.809. The van der Waals surface area contributed by atoms with E-state index in [4.69, 9.17) is 22.3 Å². The van der Waals surface area contributed by atoms with Crippen molar-refractivity contribution in [3.8, 4) is 0 Å². The first kappa shape index (κ1) is 10.8. The summed E-state index contributed by atoms with van der Waals surface area (Å²) in [4.78, 5) is -0.120. The number of aromatic amines is 1. The number of nitrogens with one attached hydrogen (secondary N) is 1. The maximum absolute atomic E-state index is 11.1. The second-order valence-electron chi connectivity index (χ2n) is 2.85. The van der Waals surface area contributed by atoms with Crippen LogP contribution in [-0.4, -0.2) is 18.6 Å². The molecule has 0 fully saturated rings. The van der Waals surface area contributed by atoms with Crippen molar-refractivity contribution in [2.45, 2.75) is 24.7 Å². The van der Waals surface area contributed by atoms with E-state index in [9.17, 15) is 8.42 Å². The molecule has 0 aliphatic rings. The molecule has 0 saturated heterocycles. The third kappa shape index (κ3) is 2.15. The second-order valence-corrected chi connectivity index (χ2v) is 5.71. The van der Waals surface area contributed by atoms with Crippen molar-refractivity contribution >= 4 is 31.3 Å². The molecule has 1 heterocycles. The van der Waals surface area contributed by atoms with Crippen molar-refractivity contribution in [3.05, 3.63) is 10.8 Å². The first-order chi connectivity index (χ1) is 5.84. The van der Waals surface area contributed by atoms with E-state index in [-0.39, 0.29) is 16.0 Å². The zero-order valence-corrected chi connectivity index (χ0v) is 9.33. The van der Waals surface area contributed by atoms with E-state index in [0.717, 1.165) is 0 Å². The standard InChI is InChI=1S/C6H8Cl2N2O2S/c1-3(2)4-5(13(8,11)12)6(7)10-9-4/h3H,1-2H3,(H,9,10). The molecule has 0 spiro atoms. The molecule has 1 rings (SSSR count). The average Bonchev–Trinajstić information content (AvgIpc) is 2.28. The average molecular weight is 243 g/mol. The molecule has 1 N–H and O–H groups in total.